The summed E-state index contributed by atoms with van der Waals surface area (Å²) in [4.78, 5) is 4.78. The Morgan fingerprint density at radius 1 is 1.10 bits per heavy atom. The number of nitrogens with one attached hydrogen (secondary N) is 2. The molecule has 1 atom stereocenters. The molecule has 0 aliphatic carbocycles. The standard InChI is InChI=1S/C24H33N3O2.HI/c1-3-25-24(27-19(2)22-10-5-4-6-11-22)26-17-20-8-7-9-21(16-20)18-29-23-12-14-28-15-13-23;/h4-11,16,19,23H,3,12-15,17-18H2,1-2H3,(H2,25,26,27);1H. The Kier molecular flexibility index (Phi) is 11.2. The third-order valence-electron chi connectivity index (χ3n) is 5.06. The number of ether oxygens (including phenoxy) is 2. The Hall–Kier alpha value is -1.64. The second-order valence-corrected chi connectivity index (χ2v) is 7.41. The van der Waals surface area contributed by atoms with Crippen LogP contribution in [0.25, 0.3) is 0 Å². The van der Waals surface area contributed by atoms with Crippen LogP contribution >= 0.6 is 24.0 Å². The lowest BCUT2D eigenvalue weighted by Crippen LogP contribution is -2.38. The first-order chi connectivity index (χ1) is 14.2. The van der Waals surface area contributed by atoms with Crippen LogP contribution in [0.1, 0.15) is 49.4 Å². The van der Waals surface area contributed by atoms with E-state index in [-0.39, 0.29) is 30.0 Å². The Labute approximate surface area is 197 Å². The molecular weight excluding hydrogens is 489 g/mol. The molecule has 1 aliphatic rings. The van der Waals surface area contributed by atoms with Gasteiger partial charge in [-0.25, -0.2) is 4.99 Å². The molecule has 1 saturated heterocycles. The molecule has 0 bridgehead atoms. The summed E-state index contributed by atoms with van der Waals surface area (Å²) >= 11 is 0. The number of rotatable bonds is 8. The fourth-order valence-electron chi connectivity index (χ4n) is 3.39. The molecule has 2 N–H and O–H groups in total. The highest BCUT2D eigenvalue weighted by Gasteiger charge is 2.14. The Bertz CT molecular complexity index is 764. The van der Waals surface area contributed by atoms with E-state index >= 15 is 0 Å². The summed E-state index contributed by atoms with van der Waals surface area (Å²) in [5.74, 6) is 0.827. The number of guanidine groups is 1. The van der Waals surface area contributed by atoms with E-state index < -0.39 is 0 Å². The minimum atomic E-state index is 0. The summed E-state index contributed by atoms with van der Waals surface area (Å²) in [6.07, 6.45) is 2.29. The minimum absolute atomic E-state index is 0. The molecule has 0 spiro atoms. The number of nitrogens with zero attached hydrogens (tertiary/aromatic N) is 1. The van der Waals surface area contributed by atoms with Crippen molar-refractivity contribution in [2.75, 3.05) is 19.8 Å². The van der Waals surface area contributed by atoms with Crippen LogP contribution in [0.3, 0.4) is 0 Å². The van der Waals surface area contributed by atoms with Gasteiger partial charge in [0.15, 0.2) is 5.96 Å². The van der Waals surface area contributed by atoms with Gasteiger partial charge in [-0.1, -0.05) is 54.6 Å². The highest BCUT2D eigenvalue weighted by Crippen LogP contribution is 2.15. The normalized spacial score (nSPS) is 15.9. The van der Waals surface area contributed by atoms with Gasteiger partial charge in [-0.3, -0.25) is 0 Å². The highest BCUT2D eigenvalue weighted by atomic mass is 127. The second-order valence-electron chi connectivity index (χ2n) is 7.41. The van der Waals surface area contributed by atoms with Gasteiger partial charge in [0.05, 0.1) is 25.3 Å². The summed E-state index contributed by atoms with van der Waals surface area (Å²) in [5, 5.41) is 6.83. The van der Waals surface area contributed by atoms with Crippen molar-refractivity contribution in [1.29, 1.82) is 0 Å². The third-order valence-corrected chi connectivity index (χ3v) is 5.06. The summed E-state index contributed by atoms with van der Waals surface area (Å²) in [7, 11) is 0. The van der Waals surface area contributed by atoms with E-state index in [2.05, 4.69) is 73.0 Å². The zero-order chi connectivity index (χ0) is 20.3. The van der Waals surface area contributed by atoms with Gasteiger partial charge in [-0.15, -0.1) is 24.0 Å². The quantitative estimate of drug-likeness (QED) is 0.296. The maximum absolute atomic E-state index is 6.05. The molecule has 30 heavy (non-hydrogen) atoms. The van der Waals surface area contributed by atoms with Gasteiger partial charge in [0.25, 0.3) is 0 Å². The lowest BCUT2D eigenvalue weighted by Gasteiger charge is -2.22. The van der Waals surface area contributed by atoms with E-state index in [1.807, 2.05) is 6.07 Å². The van der Waals surface area contributed by atoms with Crippen LogP contribution < -0.4 is 10.6 Å². The first kappa shape index (κ1) is 24.6. The molecule has 3 rings (SSSR count). The van der Waals surface area contributed by atoms with Crippen LogP contribution in [-0.2, 0) is 22.6 Å². The number of halogens is 1. The molecule has 1 unspecified atom stereocenters. The van der Waals surface area contributed by atoms with Crippen LogP contribution in [0.2, 0.25) is 0 Å². The first-order valence-electron chi connectivity index (χ1n) is 10.6. The average molecular weight is 523 g/mol. The van der Waals surface area contributed by atoms with Gasteiger partial charge in [0.2, 0.25) is 0 Å². The minimum Gasteiger partial charge on any atom is -0.381 e. The van der Waals surface area contributed by atoms with Crippen LogP contribution in [0.15, 0.2) is 59.6 Å². The zero-order valence-corrected chi connectivity index (χ0v) is 20.3. The summed E-state index contributed by atoms with van der Waals surface area (Å²) in [6.45, 7) is 7.94. The average Bonchev–Trinajstić information content (AvgIpc) is 2.78. The number of benzene rings is 2. The van der Waals surface area contributed by atoms with E-state index in [0.717, 1.165) is 38.6 Å². The summed E-state index contributed by atoms with van der Waals surface area (Å²) < 4.78 is 11.4. The maximum Gasteiger partial charge on any atom is 0.192 e. The van der Waals surface area contributed by atoms with Crippen molar-refractivity contribution >= 4 is 29.9 Å². The van der Waals surface area contributed by atoms with Crippen molar-refractivity contribution in [1.82, 2.24) is 10.6 Å². The van der Waals surface area contributed by atoms with E-state index in [0.29, 0.717) is 19.3 Å². The van der Waals surface area contributed by atoms with Crippen molar-refractivity contribution in [2.24, 2.45) is 4.99 Å². The fourth-order valence-corrected chi connectivity index (χ4v) is 3.39. The van der Waals surface area contributed by atoms with Gasteiger partial charge >= 0.3 is 0 Å². The fraction of sp³-hybridized carbons (Fsp3) is 0.458. The predicted molar refractivity (Wildman–Crippen MR) is 133 cm³/mol. The Balaban J connectivity index is 0.00000320. The molecule has 1 aliphatic heterocycles. The van der Waals surface area contributed by atoms with Crippen LogP contribution in [0, 0.1) is 0 Å². The van der Waals surface area contributed by atoms with Crippen molar-refractivity contribution in [3.05, 3.63) is 71.3 Å². The van der Waals surface area contributed by atoms with Crippen LogP contribution in [0.5, 0.6) is 0 Å². The molecular formula is C24H34IN3O2. The number of hydrogen-bond acceptors (Lipinski definition) is 3. The molecule has 0 aromatic heterocycles. The molecule has 1 fully saturated rings. The van der Waals surface area contributed by atoms with Crippen LogP contribution in [0.4, 0.5) is 0 Å². The lowest BCUT2D eigenvalue weighted by molar-refractivity contribution is -0.0390. The van der Waals surface area contributed by atoms with Crippen molar-refractivity contribution in [3.63, 3.8) is 0 Å². The van der Waals surface area contributed by atoms with E-state index in [1.54, 1.807) is 0 Å². The molecule has 5 nitrogen and oxygen atoms in total. The Morgan fingerprint density at radius 3 is 2.57 bits per heavy atom. The molecule has 1 heterocycles. The zero-order valence-electron chi connectivity index (χ0n) is 18.0. The molecule has 6 heteroatoms. The monoisotopic (exact) mass is 523 g/mol. The molecule has 0 amide bonds. The molecule has 2 aromatic rings. The van der Waals surface area contributed by atoms with Crippen molar-refractivity contribution in [2.45, 2.75) is 52.0 Å². The second kappa shape index (κ2) is 13.6. The summed E-state index contributed by atoms with van der Waals surface area (Å²) in [6, 6.07) is 19.1. The Morgan fingerprint density at radius 2 is 1.83 bits per heavy atom. The van der Waals surface area contributed by atoms with Crippen molar-refractivity contribution in [3.8, 4) is 0 Å². The van der Waals surface area contributed by atoms with Gasteiger partial charge in [0.1, 0.15) is 0 Å². The SMILES string of the molecule is CCNC(=NCc1cccc(COC2CCOCC2)c1)NC(C)c1ccccc1.I. The van der Waals surface area contributed by atoms with E-state index in [1.165, 1.54) is 16.7 Å². The van der Waals surface area contributed by atoms with Crippen LogP contribution in [-0.4, -0.2) is 31.8 Å². The van der Waals surface area contributed by atoms with Crippen molar-refractivity contribution < 1.29 is 9.47 Å². The molecule has 2 aromatic carbocycles. The van der Waals surface area contributed by atoms with Gasteiger partial charge in [-0.2, -0.15) is 0 Å². The van der Waals surface area contributed by atoms with E-state index in [4.69, 9.17) is 14.5 Å². The lowest BCUT2D eigenvalue weighted by atomic mass is 10.1. The topological polar surface area (TPSA) is 54.9 Å². The first-order valence-corrected chi connectivity index (χ1v) is 10.6. The predicted octanol–water partition coefficient (Wildman–Crippen LogP) is 4.82. The van der Waals surface area contributed by atoms with Gasteiger partial charge < -0.3 is 20.1 Å². The van der Waals surface area contributed by atoms with Gasteiger partial charge in [-0.05, 0) is 43.4 Å². The smallest absolute Gasteiger partial charge is 0.192 e. The summed E-state index contributed by atoms with van der Waals surface area (Å²) in [5.41, 5.74) is 3.62. The maximum atomic E-state index is 6.05. The molecule has 164 valence electrons. The molecule has 0 radical (unpaired) electrons. The highest BCUT2D eigenvalue weighted by molar-refractivity contribution is 14.0. The number of hydrogen-bond donors (Lipinski definition) is 2. The number of aliphatic imine (C=N–C) groups is 1. The largest absolute Gasteiger partial charge is 0.381 e. The molecule has 0 saturated carbocycles. The van der Waals surface area contributed by atoms with Gasteiger partial charge in [0, 0.05) is 19.8 Å². The van der Waals surface area contributed by atoms with E-state index in [9.17, 15) is 0 Å². The third kappa shape index (κ3) is 8.24.